The molecule has 2 rings (SSSR count). The van der Waals surface area contributed by atoms with Crippen LogP contribution in [0, 0.1) is 5.92 Å². The molecule has 0 aromatic rings. The van der Waals surface area contributed by atoms with Crippen molar-refractivity contribution in [2.45, 2.75) is 44.5 Å². The molecule has 0 bridgehead atoms. The largest absolute Gasteiger partial charge is 0.468 e. The molecule has 1 fully saturated rings. The fourth-order valence-electron chi connectivity index (χ4n) is 2.74. The van der Waals surface area contributed by atoms with Crippen molar-refractivity contribution >= 4 is 17.7 Å². The van der Waals surface area contributed by atoms with Gasteiger partial charge in [0.25, 0.3) is 0 Å². The zero-order valence-electron chi connectivity index (χ0n) is 13.7. The molecule has 0 aromatic heterocycles. The van der Waals surface area contributed by atoms with Gasteiger partial charge < -0.3 is 23.8 Å². The van der Waals surface area contributed by atoms with Gasteiger partial charge in [-0.15, -0.1) is 0 Å². The number of ether oxygens (including phenoxy) is 4. The van der Waals surface area contributed by atoms with E-state index in [2.05, 4.69) is 5.16 Å². The first-order chi connectivity index (χ1) is 11.0. The number of hydrogen-bond donors (Lipinski definition) is 0. The third kappa shape index (κ3) is 3.81. The zero-order chi connectivity index (χ0) is 16.9. The predicted molar refractivity (Wildman–Crippen MR) is 78.6 cm³/mol. The number of carbonyl (C=O) groups is 2. The van der Waals surface area contributed by atoms with Crippen molar-refractivity contribution in [2.75, 3.05) is 27.4 Å². The monoisotopic (exact) mass is 329 g/mol. The summed E-state index contributed by atoms with van der Waals surface area (Å²) in [4.78, 5) is 29.2. The molecule has 1 saturated heterocycles. The van der Waals surface area contributed by atoms with E-state index in [4.69, 9.17) is 23.8 Å². The Labute approximate surface area is 135 Å². The van der Waals surface area contributed by atoms with E-state index in [1.807, 2.05) is 0 Å². The Morgan fingerprint density at radius 3 is 2.70 bits per heavy atom. The molecule has 0 aliphatic carbocycles. The van der Waals surface area contributed by atoms with Crippen molar-refractivity contribution in [1.82, 2.24) is 0 Å². The molecule has 0 saturated carbocycles. The number of hydrogen-bond acceptors (Lipinski definition) is 8. The Morgan fingerprint density at radius 1 is 1.30 bits per heavy atom. The Balaban J connectivity index is 1.96. The van der Waals surface area contributed by atoms with Crippen molar-refractivity contribution in [2.24, 2.45) is 11.1 Å². The fraction of sp³-hybridized carbons (Fsp3) is 0.800. The van der Waals surface area contributed by atoms with Crippen LogP contribution >= 0.6 is 0 Å². The maximum Gasteiger partial charge on any atom is 0.354 e. The number of carbonyl (C=O) groups excluding carboxylic acids is 2. The van der Waals surface area contributed by atoms with Crippen LogP contribution in [0.15, 0.2) is 5.16 Å². The van der Waals surface area contributed by atoms with E-state index in [1.54, 1.807) is 0 Å². The lowest BCUT2D eigenvalue weighted by Gasteiger charge is -2.25. The van der Waals surface area contributed by atoms with Crippen LogP contribution in [0.3, 0.4) is 0 Å². The molecule has 0 N–H and O–H groups in total. The summed E-state index contributed by atoms with van der Waals surface area (Å²) in [5.41, 5.74) is -1.11. The lowest BCUT2D eigenvalue weighted by Crippen LogP contribution is -2.48. The van der Waals surface area contributed by atoms with E-state index in [0.717, 1.165) is 19.3 Å². The van der Waals surface area contributed by atoms with Crippen molar-refractivity contribution < 1.29 is 33.4 Å². The minimum atomic E-state index is -1.52. The first kappa shape index (κ1) is 17.7. The molecule has 0 radical (unpaired) electrons. The van der Waals surface area contributed by atoms with E-state index >= 15 is 0 Å². The number of oxime groups is 1. The third-order valence-corrected chi connectivity index (χ3v) is 4.06. The highest BCUT2D eigenvalue weighted by Crippen LogP contribution is 2.33. The van der Waals surface area contributed by atoms with Crippen molar-refractivity contribution in [3.8, 4) is 0 Å². The molecular weight excluding hydrogens is 306 g/mol. The van der Waals surface area contributed by atoms with Crippen LogP contribution < -0.4 is 0 Å². The van der Waals surface area contributed by atoms with Crippen LogP contribution in [-0.4, -0.2) is 57.0 Å². The Kier molecular flexibility index (Phi) is 5.95. The van der Waals surface area contributed by atoms with E-state index in [0.29, 0.717) is 25.3 Å². The molecule has 0 aromatic carbocycles. The van der Waals surface area contributed by atoms with Crippen LogP contribution in [-0.2, 0) is 33.4 Å². The quantitative estimate of drug-likeness (QED) is 0.672. The summed E-state index contributed by atoms with van der Waals surface area (Å²) in [7, 11) is 2.48. The second kappa shape index (κ2) is 7.74. The number of esters is 2. The summed E-state index contributed by atoms with van der Waals surface area (Å²) < 4.78 is 20.6. The molecule has 1 unspecified atom stereocenters. The summed E-state index contributed by atoms with van der Waals surface area (Å²) in [6, 6.07) is 0. The van der Waals surface area contributed by atoms with Gasteiger partial charge in [-0.05, 0) is 26.2 Å². The van der Waals surface area contributed by atoms with Gasteiger partial charge in [-0.25, -0.2) is 4.79 Å². The van der Waals surface area contributed by atoms with Gasteiger partial charge in [0.1, 0.15) is 0 Å². The van der Waals surface area contributed by atoms with Crippen LogP contribution in [0.1, 0.15) is 32.6 Å². The molecule has 3 atom stereocenters. The molecule has 0 spiro atoms. The van der Waals surface area contributed by atoms with Crippen LogP contribution in [0.4, 0.5) is 0 Å². The van der Waals surface area contributed by atoms with Crippen molar-refractivity contribution in [3.63, 3.8) is 0 Å². The SMILES string of the molecule is COC(=O)[C@@H]1C(CCOC2CCCCO2)=NO[C@]1(C)C(=O)OC. The molecule has 2 aliphatic rings. The highest BCUT2D eigenvalue weighted by atomic mass is 16.7. The minimum Gasteiger partial charge on any atom is -0.468 e. The maximum atomic E-state index is 12.1. The molecule has 0 amide bonds. The molecule has 8 heteroatoms. The number of nitrogens with zero attached hydrogens (tertiary/aromatic N) is 1. The highest BCUT2D eigenvalue weighted by molar-refractivity contribution is 6.08. The first-order valence-corrected chi connectivity index (χ1v) is 7.67. The summed E-state index contributed by atoms with van der Waals surface area (Å²) in [6.07, 6.45) is 3.08. The fourth-order valence-corrected chi connectivity index (χ4v) is 2.74. The molecule has 2 heterocycles. The average Bonchev–Trinajstić information content (AvgIpc) is 2.92. The molecule has 8 nitrogen and oxygen atoms in total. The van der Waals surface area contributed by atoms with E-state index < -0.39 is 23.5 Å². The van der Waals surface area contributed by atoms with Gasteiger partial charge >= 0.3 is 11.9 Å². The van der Waals surface area contributed by atoms with Gasteiger partial charge in [-0.2, -0.15) is 0 Å². The minimum absolute atomic E-state index is 0.227. The maximum absolute atomic E-state index is 12.1. The van der Waals surface area contributed by atoms with Crippen molar-refractivity contribution in [1.29, 1.82) is 0 Å². The molecule has 130 valence electrons. The standard InChI is InChI=1S/C15H23NO7/c1-15(14(18)20-3)12(13(17)19-2)10(16-23-15)7-9-22-11-6-4-5-8-21-11/h11-12H,4-9H2,1-3H3/t11?,12-,15-/m0/s1. The van der Waals surface area contributed by atoms with Crippen LogP contribution in [0.5, 0.6) is 0 Å². The lowest BCUT2D eigenvalue weighted by atomic mass is 9.85. The van der Waals surface area contributed by atoms with Gasteiger partial charge in [0.05, 0.1) is 26.5 Å². The topological polar surface area (TPSA) is 92.7 Å². The number of rotatable bonds is 6. The van der Waals surface area contributed by atoms with Gasteiger partial charge in [-0.3, -0.25) is 4.79 Å². The van der Waals surface area contributed by atoms with Crippen LogP contribution in [0.2, 0.25) is 0 Å². The zero-order valence-corrected chi connectivity index (χ0v) is 13.7. The molecule has 2 aliphatic heterocycles. The average molecular weight is 329 g/mol. The molecule has 23 heavy (non-hydrogen) atoms. The third-order valence-electron chi connectivity index (χ3n) is 4.06. The smallest absolute Gasteiger partial charge is 0.354 e. The second-order valence-electron chi connectivity index (χ2n) is 5.65. The summed E-state index contributed by atoms with van der Waals surface area (Å²) in [5, 5.41) is 3.89. The van der Waals surface area contributed by atoms with E-state index in [-0.39, 0.29) is 6.29 Å². The highest BCUT2D eigenvalue weighted by Gasteiger charge is 2.56. The first-order valence-electron chi connectivity index (χ1n) is 7.67. The molecular formula is C15H23NO7. The predicted octanol–water partition coefficient (Wildman–Crippen LogP) is 1.03. The van der Waals surface area contributed by atoms with Gasteiger partial charge in [0.2, 0.25) is 5.60 Å². The Bertz CT molecular complexity index is 472. The lowest BCUT2D eigenvalue weighted by molar-refractivity contribution is -0.175. The number of methoxy groups -OCH3 is 2. The normalized spacial score (nSPS) is 30.3. The van der Waals surface area contributed by atoms with Gasteiger partial charge in [0.15, 0.2) is 12.2 Å². The van der Waals surface area contributed by atoms with Crippen molar-refractivity contribution in [3.05, 3.63) is 0 Å². The Morgan fingerprint density at radius 2 is 2.09 bits per heavy atom. The van der Waals surface area contributed by atoms with E-state index in [9.17, 15) is 9.59 Å². The van der Waals surface area contributed by atoms with Gasteiger partial charge in [-0.1, -0.05) is 5.16 Å². The summed E-state index contributed by atoms with van der Waals surface area (Å²) >= 11 is 0. The Hall–Kier alpha value is -1.67. The van der Waals surface area contributed by atoms with E-state index in [1.165, 1.54) is 21.1 Å². The second-order valence-corrected chi connectivity index (χ2v) is 5.65. The van der Waals surface area contributed by atoms with Crippen LogP contribution in [0.25, 0.3) is 0 Å². The summed E-state index contributed by atoms with van der Waals surface area (Å²) in [5.74, 6) is -2.22. The van der Waals surface area contributed by atoms with Gasteiger partial charge in [0, 0.05) is 13.0 Å². The summed E-state index contributed by atoms with van der Waals surface area (Å²) in [6.45, 7) is 2.47.